The molecule has 1 aliphatic heterocycles. The van der Waals surface area contributed by atoms with Crippen LogP contribution in [0.3, 0.4) is 0 Å². The van der Waals surface area contributed by atoms with E-state index in [0.29, 0.717) is 11.3 Å². The Morgan fingerprint density at radius 3 is 2.43 bits per heavy atom. The van der Waals surface area contributed by atoms with Crippen LogP contribution in [-0.2, 0) is 9.53 Å². The van der Waals surface area contributed by atoms with E-state index in [1.807, 2.05) is 0 Å². The topological polar surface area (TPSA) is 29.5 Å². The molecule has 1 heterocycles. The standard InChI is InChI=1S/C33H46BrNO2/c1-22(36)37-31-24(19-23-7-10-26(34)11-8-23)20-30-28-12-9-25-21-27(35-17-5-4-6-18-35)13-15-32(25,2)29(28)14-16-33(30,31)3/h7-8,10-11,19,25,27-31H,4-6,9,12-18,20-21H2,1-3H3/b24-19+/t25?,27-,28?,29?,30?,31-,32-,33-/m0/s1. The third-order valence-electron chi connectivity index (χ3n) is 11.9. The smallest absolute Gasteiger partial charge is 0.303 e. The molecular formula is C33H46BrNO2. The van der Waals surface area contributed by atoms with E-state index in [9.17, 15) is 4.79 Å². The molecule has 4 unspecified atom stereocenters. The van der Waals surface area contributed by atoms with Gasteiger partial charge in [0.15, 0.2) is 0 Å². The van der Waals surface area contributed by atoms with Crippen molar-refractivity contribution in [2.45, 2.75) is 104 Å². The van der Waals surface area contributed by atoms with Crippen LogP contribution in [0.4, 0.5) is 0 Å². The van der Waals surface area contributed by atoms with Gasteiger partial charge in [-0.25, -0.2) is 0 Å². The summed E-state index contributed by atoms with van der Waals surface area (Å²) in [5.74, 6) is 2.97. The average molecular weight is 569 g/mol. The highest BCUT2D eigenvalue weighted by molar-refractivity contribution is 9.10. The van der Waals surface area contributed by atoms with Crippen LogP contribution in [0.25, 0.3) is 6.08 Å². The van der Waals surface area contributed by atoms with Gasteiger partial charge in [-0.3, -0.25) is 4.79 Å². The van der Waals surface area contributed by atoms with E-state index in [0.717, 1.165) is 34.7 Å². The molecule has 202 valence electrons. The van der Waals surface area contributed by atoms with Crippen LogP contribution < -0.4 is 0 Å². The lowest BCUT2D eigenvalue weighted by Crippen LogP contribution is -2.56. The van der Waals surface area contributed by atoms with Gasteiger partial charge < -0.3 is 9.64 Å². The van der Waals surface area contributed by atoms with E-state index < -0.39 is 0 Å². The zero-order chi connectivity index (χ0) is 25.8. The summed E-state index contributed by atoms with van der Waals surface area (Å²) in [5.41, 5.74) is 3.10. The second kappa shape index (κ2) is 10.1. The van der Waals surface area contributed by atoms with Gasteiger partial charge in [0.25, 0.3) is 0 Å². The van der Waals surface area contributed by atoms with Crippen LogP contribution in [0.15, 0.2) is 34.3 Å². The van der Waals surface area contributed by atoms with Gasteiger partial charge >= 0.3 is 5.97 Å². The maximum atomic E-state index is 12.3. The summed E-state index contributed by atoms with van der Waals surface area (Å²) in [4.78, 5) is 15.1. The SMILES string of the molecule is CC(=O)O[C@H]1/C(=C/c2ccc(Br)cc2)CC2C3CCC4C[C@@H](N5CCCCC5)CC[C@]4(C)C3CC[C@@]21C. The predicted octanol–water partition coefficient (Wildman–Crippen LogP) is 8.27. The summed E-state index contributed by atoms with van der Waals surface area (Å²) in [7, 11) is 0. The van der Waals surface area contributed by atoms with Crippen molar-refractivity contribution < 1.29 is 9.53 Å². The lowest BCUT2D eigenvalue weighted by molar-refractivity contribution is -0.160. The number of halogens is 1. The maximum absolute atomic E-state index is 12.3. The molecule has 1 saturated heterocycles. The third kappa shape index (κ3) is 4.66. The molecular weight excluding hydrogens is 522 g/mol. The molecule has 0 radical (unpaired) electrons. The van der Waals surface area contributed by atoms with Crippen molar-refractivity contribution in [1.29, 1.82) is 0 Å². The Hall–Kier alpha value is -1.13. The highest BCUT2D eigenvalue weighted by Gasteiger charge is 2.62. The van der Waals surface area contributed by atoms with Crippen molar-refractivity contribution in [1.82, 2.24) is 4.90 Å². The number of ether oxygens (including phenoxy) is 1. The van der Waals surface area contributed by atoms with Crippen LogP contribution >= 0.6 is 15.9 Å². The summed E-state index contributed by atoms with van der Waals surface area (Å²) >= 11 is 3.57. The van der Waals surface area contributed by atoms with Crippen molar-refractivity contribution in [3.05, 3.63) is 39.9 Å². The molecule has 1 aromatic carbocycles. The molecule has 5 aliphatic rings. The molecule has 4 saturated carbocycles. The van der Waals surface area contributed by atoms with E-state index in [1.54, 1.807) is 6.92 Å². The Bertz CT molecular complexity index is 1030. The first kappa shape index (κ1) is 26.1. The molecule has 1 aromatic rings. The largest absolute Gasteiger partial charge is 0.457 e. The minimum atomic E-state index is -0.137. The number of esters is 1. The Morgan fingerprint density at radius 1 is 0.973 bits per heavy atom. The van der Waals surface area contributed by atoms with Crippen molar-refractivity contribution >= 4 is 28.0 Å². The molecule has 0 amide bonds. The average Bonchev–Trinajstić information content (AvgIpc) is 3.16. The molecule has 3 nitrogen and oxygen atoms in total. The summed E-state index contributed by atoms with van der Waals surface area (Å²) in [5, 5.41) is 0. The molecule has 37 heavy (non-hydrogen) atoms. The number of rotatable bonds is 3. The van der Waals surface area contributed by atoms with Crippen molar-refractivity contribution in [2.24, 2.45) is 34.5 Å². The number of piperidine rings is 1. The number of hydrogen-bond acceptors (Lipinski definition) is 3. The molecule has 4 heteroatoms. The quantitative estimate of drug-likeness (QED) is 0.344. The molecule has 6 rings (SSSR count). The van der Waals surface area contributed by atoms with E-state index in [4.69, 9.17) is 4.74 Å². The lowest BCUT2D eigenvalue weighted by atomic mass is 9.45. The highest BCUT2D eigenvalue weighted by atomic mass is 79.9. The zero-order valence-corrected chi connectivity index (χ0v) is 24.8. The second-order valence-electron chi connectivity index (χ2n) is 13.7. The fourth-order valence-corrected chi connectivity index (χ4v) is 10.2. The molecule has 0 aromatic heterocycles. The molecule has 8 atom stereocenters. The summed E-state index contributed by atoms with van der Waals surface area (Å²) in [6.45, 7) is 9.40. The van der Waals surface area contributed by atoms with Crippen LogP contribution in [0.5, 0.6) is 0 Å². The van der Waals surface area contributed by atoms with Crippen molar-refractivity contribution in [3.8, 4) is 0 Å². The first-order chi connectivity index (χ1) is 17.8. The number of nitrogens with zero attached hydrogens (tertiary/aromatic N) is 1. The minimum absolute atomic E-state index is 0.0578. The Balaban J connectivity index is 1.25. The summed E-state index contributed by atoms with van der Waals surface area (Å²) in [6.07, 6.45) is 17.1. The summed E-state index contributed by atoms with van der Waals surface area (Å²) < 4.78 is 7.26. The minimum Gasteiger partial charge on any atom is -0.457 e. The van der Waals surface area contributed by atoms with Gasteiger partial charge in [0.05, 0.1) is 0 Å². The van der Waals surface area contributed by atoms with E-state index in [-0.39, 0.29) is 17.5 Å². The molecule has 0 spiro atoms. The highest BCUT2D eigenvalue weighted by Crippen LogP contribution is 2.67. The van der Waals surface area contributed by atoms with E-state index in [2.05, 4.69) is 65.0 Å². The van der Waals surface area contributed by atoms with Crippen molar-refractivity contribution in [2.75, 3.05) is 13.1 Å². The number of fused-ring (bicyclic) bond motifs is 5. The number of carbonyl (C=O) groups excluding carboxylic acids is 1. The van der Waals surface area contributed by atoms with Crippen LogP contribution in [-0.4, -0.2) is 36.1 Å². The zero-order valence-electron chi connectivity index (χ0n) is 23.2. The molecule has 5 fully saturated rings. The monoisotopic (exact) mass is 567 g/mol. The van der Waals surface area contributed by atoms with Gasteiger partial charge in [-0.2, -0.15) is 0 Å². The number of hydrogen-bond donors (Lipinski definition) is 0. The summed E-state index contributed by atoms with van der Waals surface area (Å²) in [6, 6.07) is 9.39. The molecule has 4 aliphatic carbocycles. The number of benzene rings is 1. The second-order valence-corrected chi connectivity index (χ2v) is 14.6. The normalized spacial score (nSPS) is 43.1. The predicted molar refractivity (Wildman–Crippen MR) is 154 cm³/mol. The van der Waals surface area contributed by atoms with Gasteiger partial charge in [-0.05, 0) is 130 Å². The van der Waals surface area contributed by atoms with E-state index >= 15 is 0 Å². The molecule has 0 N–H and O–H groups in total. The van der Waals surface area contributed by atoms with Gasteiger partial charge in [0, 0.05) is 22.9 Å². The van der Waals surface area contributed by atoms with Crippen LogP contribution in [0, 0.1) is 34.5 Å². The first-order valence-corrected chi connectivity index (χ1v) is 15.9. The van der Waals surface area contributed by atoms with Gasteiger partial charge in [-0.1, -0.05) is 54.4 Å². The number of likely N-dealkylation sites (tertiary alicyclic amines) is 1. The van der Waals surface area contributed by atoms with Gasteiger partial charge in [0.1, 0.15) is 6.10 Å². The Morgan fingerprint density at radius 2 is 1.70 bits per heavy atom. The Labute approximate surface area is 232 Å². The van der Waals surface area contributed by atoms with Gasteiger partial charge in [-0.15, -0.1) is 0 Å². The molecule has 0 bridgehead atoms. The first-order valence-electron chi connectivity index (χ1n) is 15.2. The third-order valence-corrected chi connectivity index (χ3v) is 12.4. The van der Waals surface area contributed by atoms with Crippen LogP contribution in [0.1, 0.15) is 97.0 Å². The fraction of sp³-hybridized carbons (Fsp3) is 0.727. The van der Waals surface area contributed by atoms with Crippen LogP contribution in [0.2, 0.25) is 0 Å². The number of carbonyl (C=O) groups is 1. The Kier molecular flexibility index (Phi) is 7.14. The van der Waals surface area contributed by atoms with E-state index in [1.165, 1.54) is 88.4 Å². The van der Waals surface area contributed by atoms with Crippen molar-refractivity contribution in [3.63, 3.8) is 0 Å². The lowest BCUT2D eigenvalue weighted by Gasteiger charge is -2.61. The maximum Gasteiger partial charge on any atom is 0.303 e. The van der Waals surface area contributed by atoms with Gasteiger partial charge in [0.2, 0.25) is 0 Å². The fourth-order valence-electron chi connectivity index (χ4n) is 9.98.